The van der Waals surface area contributed by atoms with Gasteiger partial charge in [-0.05, 0) is 29.8 Å². The summed E-state index contributed by atoms with van der Waals surface area (Å²) in [6, 6.07) is 14.6. The summed E-state index contributed by atoms with van der Waals surface area (Å²) < 4.78 is 11.6. The number of aliphatic hydroxyl groups excluding tert-OH is 1. The lowest BCUT2D eigenvalue weighted by Gasteiger charge is -2.37. The summed E-state index contributed by atoms with van der Waals surface area (Å²) >= 11 is 0. The summed E-state index contributed by atoms with van der Waals surface area (Å²) in [5.41, 5.74) is 3.44. The van der Waals surface area contributed by atoms with Gasteiger partial charge in [-0.2, -0.15) is 0 Å². The number of para-hydroxylation sites is 1. The Balaban J connectivity index is 1.33. The van der Waals surface area contributed by atoms with E-state index in [2.05, 4.69) is 52.0 Å². The van der Waals surface area contributed by atoms with Crippen LogP contribution < -0.4 is 14.4 Å². The molecule has 0 aliphatic carbocycles. The summed E-state index contributed by atoms with van der Waals surface area (Å²) in [6.07, 6.45) is 0.522. The van der Waals surface area contributed by atoms with Gasteiger partial charge in [0.15, 0.2) is 11.5 Å². The molecule has 0 bridgehead atoms. The molecule has 2 aromatic carbocycles. The van der Waals surface area contributed by atoms with Gasteiger partial charge in [-0.15, -0.1) is 0 Å². The molecular weight excluding hydrogens is 352 g/mol. The molecule has 5 nitrogen and oxygen atoms in total. The minimum atomic E-state index is 0.113. The van der Waals surface area contributed by atoms with E-state index in [0.717, 1.165) is 55.5 Å². The molecule has 0 unspecified atom stereocenters. The van der Waals surface area contributed by atoms with Crippen molar-refractivity contribution in [2.24, 2.45) is 0 Å². The average molecular weight is 378 g/mol. The monoisotopic (exact) mass is 378 g/mol. The normalized spacial score (nSPS) is 16.4. The number of nitrogens with zero attached hydrogens (tertiary/aromatic N) is 2. The SMILES string of the molecule is OCCC#Cc1ccc(CN2CCN(c3cccc4c3OCCO4)CC2)cc1. The number of rotatable bonds is 4. The van der Waals surface area contributed by atoms with Crippen molar-refractivity contribution in [3.8, 4) is 23.3 Å². The third-order valence-electron chi connectivity index (χ3n) is 5.09. The van der Waals surface area contributed by atoms with Gasteiger partial charge >= 0.3 is 0 Å². The van der Waals surface area contributed by atoms with Gasteiger partial charge in [0.05, 0.1) is 12.3 Å². The largest absolute Gasteiger partial charge is 0.486 e. The highest BCUT2D eigenvalue weighted by atomic mass is 16.6. The second-order valence-corrected chi connectivity index (χ2v) is 7.04. The molecule has 28 heavy (non-hydrogen) atoms. The Morgan fingerprint density at radius 3 is 2.50 bits per heavy atom. The molecule has 0 radical (unpaired) electrons. The van der Waals surface area contributed by atoms with Gasteiger partial charge in [0.1, 0.15) is 13.2 Å². The van der Waals surface area contributed by atoms with Crippen LogP contribution in [0.4, 0.5) is 5.69 Å². The average Bonchev–Trinajstić information content (AvgIpc) is 2.75. The summed E-state index contributed by atoms with van der Waals surface area (Å²) in [4.78, 5) is 4.87. The highest BCUT2D eigenvalue weighted by molar-refractivity contribution is 5.65. The zero-order valence-corrected chi connectivity index (χ0v) is 16.1. The Morgan fingerprint density at radius 1 is 0.929 bits per heavy atom. The zero-order valence-electron chi connectivity index (χ0n) is 16.1. The Kier molecular flexibility index (Phi) is 6.01. The Bertz CT molecular complexity index is 846. The Hall–Kier alpha value is -2.68. The summed E-state index contributed by atoms with van der Waals surface area (Å²) in [5, 5.41) is 8.80. The van der Waals surface area contributed by atoms with Crippen molar-refractivity contribution in [3.63, 3.8) is 0 Å². The van der Waals surface area contributed by atoms with Crippen molar-refractivity contribution in [2.45, 2.75) is 13.0 Å². The van der Waals surface area contributed by atoms with Crippen molar-refractivity contribution in [1.82, 2.24) is 4.90 Å². The van der Waals surface area contributed by atoms with E-state index in [0.29, 0.717) is 19.6 Å². The molecule has 1 N–H and O–H groups in total. The number of ether oxygens (including phenoxy) is 2. The van der Waals surface area contributed by atoms with Gasteiger partial charge < -0.3 is 19.5 Å². The standard InChI is InChI=1S/C23H26N2O3/c26-15-2-1-4-19-7-9-20(10-8-19)18-24-11-13-25(14-12-24)21-5-3-6-22-23(21)28-17-16-27-22/h3,5-10,26H,2,11-18H2. The van der Waals surface area contributed by atoms with E-state index >= 15 is 0 Å². The lowest BCUT2D eigenvalue weighted by Crippen LogP contribution is -2.46. The molecule has 5 heteroatoms. The van der Waals surface area contributed by atoms with Crippen LogP contribution in [-0.4, -0.2) is 56.0 Å². The van der Waals surface area contributed by atoms with E-state index in [1.54, 1.807) is 0 Å². The summed E-state index contributed by atoms with van der Waals surface area (Å²) in [7, 11) is 0. The van der Waals surface area contributed by atoms with E-state index in [1.807, 2.05) is 12.1 Å². The second kappa shape index (κ2) is 9.01. The van der Waals surface area contributed by atoms with Gasteiger partial charge in [-0.25, -0.2) is 0 Å². The first-order chi connectivity index (χ1) is 13.8. The minimum Gasteiger partial charge on any atom is -0.486 e. The van der Waals surface area contributed by atoms with Crippen molar-refractivity contribution >= 4 is 5.69 Å². The molecule has 2 heterocycles. The van der Waals surface area contributed by atoms with Crippen LogP contribution in [0.3, 0.4) is 0 Å². The van der Waals surface area contributed by atoms with Crippen LogP contribution in [0.5, 0.6) is 11.5 Å². The predicted molar refractivity (Wildman–Crippen MR) is 110 cm³/mol. The molecule has 2 aliphatic rings. The number of anilines is 1. The topological polar surface area (TPSA) is 45.2 Å². The van der Waals surface area contributed by atoms with Crippen molar-refractivity contribution < 1.29 is 14.6 Å². The van der Waals surface area contributed by atoms with Gasteiger partial charge in [-0.1, -0.05) is 30.0 Å². The first-order valence-electron chi connectivity index (χ1n) is 9.88. The Labute approximate surface area is 166 Å². The highest BCUT2D eigenvalue weighted by Gasteiger charge is 2.23. The van der Waals surface area contributed by atoms with Crippen LogP contribution in [-0.2, 0) is 6.54 Å². The van der Waals surface area contributed by atoms with Crippen LogP contribution in [0, 0.1) is 11.8 Å². The van der Waals surface area contributed by atoms with E-state index < -0.39 is 0 Å². The number of piperazine rings is 1. The second-order valence-electron chi connectivity index (χ2n) is 7.04. The van der Waals surface area contributed by atoms with Crippen LogP contribution >= 0.6 is 0 Å². The van der Waals surface area contributed by atoms with Gasteiger partial charge in [0, 0.05) is 44.7 Å². The number of aliphatic hydroxyl groups is 1. The molecule has 1 saturated heterocycles. The van der Waals surface area contributed by atoms with Gasteiger partial charge in [0.25, 0.3) is 0 Å². The minimum absolute atomic E-state index is 0.113. The van der Waals surface area contributed by atoms with E-state index in [1.165, 1.54) is 5.56 Å². The van der Waals surface area contributed by atoms with Crippen LogP contribution in [0.2, 0.25) is 0 Å². The molecule has 146 valence electrons. The third-order valence-corrected chi connectivity index (χ3v) is 5.09. The van der Waals surface area contributed by atoms with Gasteiger partial charge in [-0.3, -0.25) is 4.90 Å². The highest BCUT2D eigenvalue weighted by Crippen LogP contribution is 2.39. The molecular formula is C23H26N2O3. The fourth-order valence-corrected chi connectivity index (χ4v) is 3.63. The number of hydrogen-bond acceptors (Lipinski definition) is 5. The first-order valence-corrected chi connectivity index (χ1v) is 9.88. The van der Waals surface area contributed by atoms with Crippen LogP contribution in [0.25, 0.3) is 0 Å². The Morgan fingerprint density at radius 2 is 1.71 bits per heavy atom. The molecule has 0 saturated carbocycles. The van der Waals surface area contributed by atoms with E-state index in [-0.39, 0.29) is 6.61 Å². The van der Waals surface area contributed by atoms with Gasteiger partial charge in [0.2, 0.25) is 0 Å². The maximum absolute atomic E-state index is 8.80. The fraction of sp³-hybridized carbons (Fsp3) is 0.391. The molecule has 2 aromatic rings. The maximum Gasteiger partial charge on any atom is 0.184 e. The van der Waals surface area contributed by atoms with Crippen LogP contribution in [0.15, 0.2) is 42.5 Å². The maximum atomic E-state index is 8.80. The van der Waals surface area contributed by atoms with Crippen molar-refractivity contribution in [1.29, 1.82) is 0 Å². The lowest BCUT2D eigenvalue weighted by atomic mass is 10.1. The molecule has 0 spiro atoms. The first kappa shape index (κ1) is 18.7. The predicted octanol–water partition coefficient (Wildman–Crippen LogP) is 2.51. The summed E-state index contributed by atoms with van der Waals surface area (Å²) in [6.45, 7) is 6.29. The van der Waals surface area contributed by atoms with Crippen molar-refractivity contribution in [2.75, 3.05) is 50.9 Å². The molecule has 4 rings (SSSR count). The van der Waals surface area contributed by atoms with Crippen LogP contribution in [0.1, 0.15) is 17.5 Å². The molecule has 1 fully saturated rings. The quantitative estimate of drug-likeness (QED) is 0.829. The lowest BCUT2D eigenvalue weighted by molar-refractivity contribution is 0.171. The number of benzene rings is 2. The van der Waals surface area contributed by atoms with Crippen molar-refractivity contribution in [3.05, 3.63) is 53.6 Å². The molecule has 2 aliphatic heterocycles. The molecule has 0 amide bonds. The molecule has 0 atom stereocenters. The summed E-state index contributed by atoms with van der Waals surface area (Å²) in [5.74, 6) is 7.78. The number of fused-ring (bicyclic) bond motifs is 1. The zero-order chi connectivity index (χ0) is 19.2. The smallest absolute Gasteiger partial charge is 0.184 e. The third kappa shape index (κ3) is 4.41. The van der Waals surface area contributed by atoms with E-state index in [4.69, 9.17) is 14.6 Å². The number of hydrogen-bond donors (Lipinski definition) is 1. The van der Waals surface area contributed by atoms with E-state index in [9.17, 15) is 0 Å². The molecule has 0 aromatic heterocycles. The fourth-order valence-electron chi connectivity index (χ4n) is 3.63.